The highest BCUT2D eigenvalue weighted by Crippen LogP contribution is 2.33. The number of benzene rings is 1. The molecule has 1 aromatic carbocycles. The zero-order valence-corrected chi connectivity index (χ0v) is 13.1. The molecule has 5 nitrogen and oxygen atoms in total. The Morgan fingerprint density at radius 1 is 1.36 bits per heavy atom. The number of hydrogen-bond donors (Lipinski definition) is 1. The quantitative estimate of drug-likeness (QED) is 0.788. The lowest BCUT2D eigenvalue weighted by Crippen LogP contribution is -2.00. The molecular weight excluding hydrogens is 296 g/mol. The van der Waals surface area contributed by atoms with Gasteiger partial charge in [0.15, 0.2) is 0 Å². The molecule has 3 rings (SSSR count). The standard InChI is InChI=1S/C16H14N4OS/c1-3-21-13-6-11(7-17)4-5-12(13)20-15-14-10(2)8-22-16(14)19-9-18-15/h4-6,8-9H,3H2,1-2H3,(H,18,19,20). The number of nitrogens with zero attached hydrogens (tertiary/aromatic N) is 3. The number of aromatic nitrogens is 2. The smallest absolute Gasteiger partial charge is 0.144 e. The van der Waals surface area contributed by atoms with Crippen LogP contribution >= 0.6 is 11.3 Å². The van der Waals surface area contributed by atoms with E-state index < -0.39 is 0 Å². The Morgan fingerprint density at radius 2 is 2.23 bits per heavy atom. The van der Waals surface area contributed by atoms with Gasteiger partial charge in [0.2, 0.25) is 0 Å². The van der Waals surface area contributed by atoms with Gasteiger partial charge in [-0.25, -0.2) is 9.97 Å². The Bertz CT molecular complexity index is 866. The van der Waals surface area contributed by atoms with Crippen molar-refractivity contribution >= 4 is 33.1 Å². The first-order valence-corrected chi connectivity index (χ1v) is 7.73. The lowest BCUT2D eigenvalue weighted by Gasteiger charge is -2.13. The van der Waals surface area contributed by atoms with E-state index >= 15 is 0 Å². The molecule has 0 aliphatic carbocycles. The summed E-state index contributed by atoms with van der Waals surface area (Å²) in [5.41, 5.74) is 2.48. The van der Waals surface area contributed by atoms with Gasteiger partial charge >= 0.3 is 0 Å². The lowest BCUT2D eigenvalue weighted by atomic mass is 10.2. The molecule has 0 atom stereocenters. The van der Waals surface area contributed by atoms with Gasteiger partial charge in [0, 0.05) is 6.07 Å². The zero-order chi connectivity index (χ0) is 15.5. The van der Waals surface area contributed by atoms with E-state index in [1.807, 2.05) is 19.9 Å². The Labute approximate surface area is 132 Å². The highest BCUT2D eigenvalue weighted by Gasteiger charge is 2.11. The molecule has 110 valence electrons. The van der Waals surface area contributed by atoms with E-state index in [0.29, 0.717) is 17.9 Å². The number of nitrogens with one attached hydrogen (secondary N) is 1. The lowest BCUT2D eigenvalue weighted by molar-refractivity contribution is 0.342. The summed E-state index contributed by atoms with van der Waals surface area (Å²) >= 11 is 1.59. The van der Waals surface area contributed by atoms with Crippen molar-refractivity contribution in [2.75, 3.05) is 11.9 Å². The third-order valence-corrected chi connectivity index (χ3v) is 4.22. The van der Waals surface area contributed by atoms with Crippen molar-refractivity contribution in [2.24, 2.45) is 0 Å². The van der Waals surface area contributed by atoms with Crippen LogP contribution in [-0.4, -0.2) is 16.6 Å². The van der Waals surface area contributed by atoms with Gasteiger partial charge in [-0.3, -0.25) is 0 Å². The number of rotatable bonds is 4. The second-order valence-corrected chi connectivity index (χ2v) is 5.56. The molecule has 0 aliphatic heterocycles. The van der Waals surface area contributed by atoms with Gasteiger partial charge in [-0.05, 0) is 36.9 Å². The molecule has 3 aromatic rings. The van der Waals surface area contributed by atoms with Gasteiger partial charge < -0.3 is 10.1 Å². The van der Waals surface area contributed by atoms with Crippen LogP contribution in [0.3, 0.4) is 0 Å². The van der Waals surface area contributed by atoms with Crippen LogP contribution in [0, 0.1) is 18.3 Å². The zero-order valence-electron chi connectivity index (χ0n) is 12.3. The van der Waals surface area contributed by atoms with Crippen LogP contribution in [0.25, 0.3) is 10.2 Å². The van der Waals surface area contributed by atoms with Crippen molar-refractivity contribution in [3.05, 3.63) is 41.0 Å². The van der Waals surface area contributed by atoms with Gasteiger partial charge in [0.1, 0.15) is 22.7 Å². The molecule has 1 N–H and O–H groups in total. The summed E-state index contributed by atoms with van der Waals surface area (Å²) in [7, 11) is 0. The number of ether oxygens (including phenoxy) is 1. The van der Waals surface area contributed by atoms with E-state index in [0.717, 1.165) is 27.3 Å². The summed E-state index contributed by atoms with van der Waals surface area (Å²) in [6, 6.07) is 7.43. The summed E-state index contributed by atoms with van der Waals surface area (Å²) in [4.78, 5) is 9.57. The largest absolute Gasteiger partial charge is 0.492 e. The van der Waals surface area contributed by atoms with Crippen molar-refractivity contribution in [3.8, 4) is 11.8 Å². The molecule has 6 heteroatoms. The monoisotopic (exact) mass is 310 g/mol. The Balaban J connectivity index is 2.05. The molecule has 0 unspecified atom stereocenters. The normalized spacial score (nSPS) is 10.4. The van der Waals surface area contributed by atoms with E-state index in [2.05, 4.69) is 26.7 Å². The molecule has 0 spiro atoms. The Morgan fingerprint density at radius 3 is 3.00 bits per heavy atom. The van der Waals surface area contributed by atoms with Crippen LogP contribution in [0.2, 0.25) is 0 Å². The van der Waals surface area contributed by atoms with Crippen LogP contribution < -0.4 is 10.1 Å². The highest BCUT2D eigenvalue weighted by molar-refractivity contribution is 7.17. The molecule has 0 saturated carbocycles. The van der Waals surface area contributed by atoms with Crippen molar-refractivity contribution in [3.63, 3.8) is 0 Å². The molecule has 0 radical (unpaired) electrons. The van der Waals surface area contributed by atoms with E-state index in [-0.39, 0.29) is 0 Å². The highest BCUT2D eigenvalue weighted by atomic mass is 32.1. The summed E-state index contributed by atoms with van der Waals surface area (Å²) < 4.78 is 5.62. The van der Waals surface area contributed by atoms with Crippen molar-refractivity contribution < 1.29 is 4.74 Å². The first-order valence-electron chi connectivity index (χ1n) is 6.85. The minimum atomic E-state index is 0.528. The second-order valence-electron chi connectivity index (χ2n) is 4.70. The SMILES string of the molecule is CCOc1cc(C#N)ccc1Nc1ncnc2scc(C)c12. The third kappa shape index (κ3) is 2.59. The molecule has 2 aromatic heterocycles. The number of aryl methyl sites for hydroxylation is 1. The van der Waals surface area contributed by atoms with Gasteiger partial charge in [-0.2, -0.15) is 5.26 Å². The molecule has 0 aliphatic rings. The first kappa shape index (κ1) is 14.3. The molecule has 0 amide bonds. The fourth-order valence-electron chi connectivity index (χ4n) is 2.21. The second kappa shape index (κ2) is 6.00. The van der Waals surface area contributed by atoms with Crippen molar-refractivity contribution in [2.45, 2.75) is 13.8 Å². The number of fused-ring (bicyclic) bond motifs is 1. The summed E-state index contributed by atoms with van der Waals surface area (Å²) in [5, 5.41) is 15.4. The maximum atomic E-state index is 9.02. The maximum Gasteiger partial charge on any atom is 0.144 e. The van der Waals surface area contributed by atoms with E-state index in [1.54, 1.807) is 29.8 Å². The minimum Gasteiger partial charge on any atom is -0.492 e. The van der Waals surface area contributed by atoms with E-state index in [4.69, 9.17) is 10.00 Å². The van der Waals surface area contributed by atoms with Gasteiger partial charge in [-0.15, -0.1) is 11.3 Å². The fourth-order valence-corrected chi connectivity index (χ4v) is 3.10. The van der Waals surface area contributed by atoms with E-state index in [1.165, 1.54) is 0 Å². The van der Waals surface area contributed by atoms with Crippen molar-refractivity contribution in [1.29, 1.82) is 5.26 Å². The molecule has 22 heavy (non-hydrogen) atoms. The average Bonchev–Trinajstić information content (AvgIpc) is 2.92. The van der Waals surface area contributed by atoms with Crippen LogP contribution in [-0.2, 0) is 0 Å². The number of thiophene rings is 1. The summed E-state index contributed by atoms with van der Waals surface area (Å²) in [5.74, 6) is 1.38. The minimum absolute atomic E-state index is 0.528. The average molecular weight is 310 g/mol. The fraction of sp³-hybridized carbons (Fsp3) is 0.188. The van der Waals surface area contributed by atoms with Crippen molar-refractivity contribution in [1.82, 2.24) is 9.97 Å². The maximum absolute atomic E-state index is 9.02. The number of anilines is 2. The Hall–Kier alpha value is -2.65. The van der Waals surface area contributed by atoms with Crippen LogP contribution in [0.15, 0.2) is 29.9 Å². The Kier molecular flexibility index (Phi) is 3.90. The topological polar surface area (TPSA) is 70.8 Å². The van der Waals surface area contributed by atoms with Gasteiger partial charge in [0.25, 0.3) is 0 Å². The van der Waals surface area contributed by atoms with Crippen LogP contribution in [0.4, 0.5) is 11.5 Å². The predicted molar refractivity (Wildman–Crippen MR) is 87.8 cm³/mol. The summed E-state index contributed by atoms with van der Waals surface area (Å²) in [6.07, 6.45) is 1.55. The first-order chi connectivity index (χ1) is 10.7. The van der Waals surface area contributed by atoms with Crippen LogP contribution in [0.1, 0.15) is 18.1 Å². The third-order valence-electron chi connectivity index (χ3n) is 3.22. The molecule has 0 fully saturated rings. The van der Waals surface area contributed by atoms with E-state index in [9.17, 15) is 0 Å². The van der Waals surface area contributed by atoms with Gasteiger partial charge in [-0.1, -0.05) is 0 Å². The number of nitriles is 1. The predicted octanol–water partition coefficient (Wildman–Crippen LogP) is 4.01. The molecule has 2 heterocycles. The molecule has 0 saturated heterocycles. The number of hydrogen-bond acceptors (Lipinski definition) is 6. The molecule has 0 bridgehead atoms. The van der Waals surface area contributed by atoms with Crippen LogP contribution in [0.5, 0.6) is 5.75 Å². The van der Waals surface area contributed by atoms with Gasteiger partial charge in [0.05, 0.1) is 29.3 Å². The summed E-state index contributed by atoms with van der Waals surface area (Å²) in [6.45, 7) is 4.48. The molecular formula is C16H14N4OS.